The van der Waals surface area contributed by atoms with E-state index in [1.807, 2.05) is 12.1 Å². The SMILES string of the molecule is c1cc(N(c2ccc(-c3ccc4c(c3)oc3ccccc34)cc2)c2ccccc2-c2cccc3ccccc23)cc(-n2c3ccccc3c3ccccc32)c1. The molecule has 11 aromatic rings. The Labute approximate surface area is 318 Å². The summed E-state index contributed by atoms with van der Waals surface area (Å²) in [5.41, 5.74) is 13.2. The summed E-state index contributed by atoms with van der Waals surface area (Å²) in [5, 5.41) is 7.22. The van der Waals surface area contributed by atoms with Crippen molar-refractivity contribution >= 4 is 71.6 Å². The largest absolute Gasteiger partial charge is 0.456 e. The Hall–Kier alpha value is -7.36. The molecule has 0 unspecified atom stereocenters. The zero-order valence-electron chi connectivity index (χ0n) is 29.9. The number of hydrogen-bond donors (Lipinski definition) is 0. The highest BCUT2D eigenvalue weighted by atomic mass is 16.3. The molecule has 2 heterocycles. The van der Waals surface area contributed by atoms with Gasteiger partial charge in [-0.25, -0.2) is 0 Å². The van der Waals surface area contributed by atoms with Gasteiger partial charge < -0.3 is 13.9 Å². The monoisotopic (exact) mass is 702 g/mol. The highest BCUT2D eigenvalue weighted by molar-refractivity contribution is 6.09. The number of para-hydroxylation sites is 4. The summed E-state index contributed by atoms with van der Waals surface area (Å²) >= 11 is 0. The fraction of sp³-hybridized carbons (Fsp3) is 0. The third-order valence-corrected chi connectivity index (χ3v) is 11.0. The number of aromatic nitrogens is 1. The minimum atomic E-state index is 0.898. The van der Waals surface area contributed by atoms with Gasteiger partial charge in [-0.05, 0) is 94.2 Å². The number of nitrogens with zero attached hydrogens (tertiary/aromatic N) is 2. The van der Waals surface area contributed by atoms with E-state index < -0.39 is 0 Å². The van der Waals surface area contributed by atoms with Crippen LogP contribution in [-0.2, 0) is 0 Å². The van der Waals surface area contributed by atoms with Crippen LogP contribution in [0.3, 0.4) is 0 Å². The minimum Gasteiger partial charge on any atom is -0.456 e. The lowest BCUT2D eigenvalue weighted by molar-refractivity contribution is 0.669. The van der Waals surface area contributed by atoms with Crippen LogP contribution < -0.4 is 4.90 Å². The van der Waals surface area contributed by atoms with Crippen molar-refractivity contribution < 1.29 is 4.42 Å². The first-order valence-corrected chi connectivity index (χ1v) is 18.8. The number of fused-ring (bicyclic) bond motifs is 7. The summed E-state index contributed by atoms with van der Waals surface area (Å²) in [4.78, 5) is 2.40. The summed E-state index contributed by atoms with van der Waals surface area (Å²) in [6.07, 6.45) is 0. The first-order valence-electron chi connectivity index (χ1n) is 18.8. The molecule has 258 valence electrons. The van der Waals surface area contributed by atoms with Crippen LogP contribution in [0, 0.1) is 0 Å². The van der Waals surface area contributed by atoms with E-state index >= 15 is 0 Å². The normalized spacial score (nSPS) is 11.6. The van der Waals surface area contributed by atoms with Crippen molar-refractivity contribution in [1.82, 2.24) is 4.57 Å². The molecule has 0 aliphatic heterocycles. The maximum Gasteiger partial charge on any atom is 0.136 e. The molecule has 0 atom stereocenters. The van der Waals surface area contributed by atoms with Gasteiger partial charge >= 0.3 is 0 Å². The fourth-order valence-corrected chi connectivity index (χ4v) is 8.46. The molecule has 0 aliphatic carbocycles. The van der Waals surface area contributed by atoms with Gasteiger partial charge in [0.1, 0.15) is 11.2 Å². The van der Waals surface area contributed by atoms with Crippen molar-refractivity contribution in [2.75, 3.05) is 4.90 Å². The fourth-order valence-electron chi connectivity index (χ4n) is 8.46. The number of furan rings is 1. The smallest absolute Gasteiger partial charge is 0.136 e. The van der Waals surface area contributed by atoms with Crippen molar-refractivity contribution in [2.45, 2.75) is 0 Å². The van der Waals surface area contributed by atoms with E-state index in [0.29, 0.717) is 0 Å². The van der Waals surface area contributed by atoms with Crippen molar-refractivity contribution in [2.24, 2.45) is 0 Å². The van der Waals surface area contributed by atoms with Gasteiger partial charge in [-0.1, -0.05) is 140 Å². The molecule has 0 aliphatic rings. The number of hydrogen-bond acceptors (Lipinski definition) is 2. The van der Waals surface area contributed by atoms with Crippen LogP contribution >= 0.6 is 0 Å². The van der Waals surface area contributed by atoms with E-state index in [4.69, 9.17) is 4.42 Å². The first kappa shape index (κ1) is 31.2. The molecule has 3 nitrogen and oxygen atoms in total. The van der Waals surface area contributed by atoms with E-state index in [9.17, 15) is 0 Å². The summed E-state index contributed by atoms with van der Waals surface area (Å²) in [6, 6.07) is 74.1. The van der Waals surface area contributed by atoms with Gasteiger partial charge in [-0.15, -0.1) is 0 Å². The maximum atomic E-state index is 6.26. The molecule has 0 N–H and O–H groups in total. The van der Waals surface area contributed by atoms with E-state index in [1.54, 1.807) is 0 Å². The van der Waals surface area contributed by atoms with Crippen LogP contribution in [0.5, 0.6) is 0 Å². The standard InChI is InChI=1S/C52H34N2O/c1-2-17-41-36(13-1)14-11-22-42(41)43-18-3-7-23-48(43)53(38-30-27-35(28-31-38)37-29-32-47-46-21-6-10-26-51(46)55-52(47)33-37)39-15-12-16-40(34-39)54-49-24-8-4-19-44(49)45-20-5-9-25-50(45)54/h1-34H. The lowest BCUT2D eigenvalue weighted by Gasteiger charge is -2.29. The average Bonchev–Trinajstić information content (AvgIpc) is 3.80. The number of benzene rings is 9. The highest BCUT2D eigenvalue weighted by Gasteiger charge is 2.20. The highest BCUT2D eigenvalue weighted by Crippen LogP contribution is 2.44. The summed E-state index contributed by atoms with van der Waals surface area (Å²) < 4.78 is 8.65. The molecule has 11 rings (SSSR count). The van der Waals surface area contributed by atoms with Gasteiger partial charge in [0.05, 0.1) is 16.7 Å². The summed E-state index contributed by atoms with van der Waals surface area (Å²) in [5.74, 6) is 0. The topological polar surface area (TPSA) is 21.3 Å². The van der Waals surface area contributed by atoms with Crippen LogP contribution in [-0.4, -0.2) is 4.57 Å². The van der Waals surface area contributed by atoms with Crippen molar-refractivity contribution in [3.63, 3.8) is 0 Å². The quantitative estimate of drug-likeness (QED) is 0.172. The third kappa shape index (κ3) is 5.13. The number of anilines is 3. The minimum absolute atomic E-state index is 0.898. The van der Waals surface area contributed by atoms with Crippen molar-refractivity contribution in [3.8, 4) is 27.9 Å². The van der Waals surface area contributed by atoms with Crippen LogP contribution in [0.1, 0.15) is 0 Å². The second-order valence-corrected chi connectivity index (χ2v) is 14.1. The zero-order valence-corrected chi connectivity index (χ0v) is 29.9. The Morgan fingerprint density at radius 2 is 0.964 bits per heavy atom. The lowest BCUT2D eigenvalue weighted by atomic mass is 9.96. The van der Waals surface area contributed by atoms with Gasteiger partial charge in [-0.3, -0.25) is 0 Å². The molecule has 0 amide bonds. The van der Waals surface area contributed by atoms with Gasteiger partial charge in [-0.2, -0.15) is 0 Å². The van der Waals surface area contributed by atoms with Crippen LogP contribution in [0.2, 0.25) is 0 Å². The molecule has 0 saturated carbocycles. The second kappa shape index (κ2) is 12.6. The molecule has 2 aromatic heterocycles. The van der Waals surface area contributed by atoms with Crippen molar-refractivity contribution in [1.29, 1.82) is 0 Å². The zero-order chi connectivity index (χ0) is 36.3. The molecule has 0 bridgehead atoms. The molecule has 9 aromatic carbocycles. The Morgan fingerprint density at radius 3 is 1.78 bits per heavy atom. The molecule has 55 heavy (non-hydrogen) atoms. The molecule has 0 fully saturated rings. The Balaban J connectivity index is 1.09. The van der Waals surface area contributed by atoms with Gasteiger partial charge in [0.2, 0.25) is 0 Å². The Bertz CT molecular complexity index is 3160. The van der Waals surface area contributed by atoms with Gasteiger partial charge in [0.25, 0.3) is 0 Å². The van der Waals surface area contributed by atoms with E-state index in [-0.39, 0.29) is 0 Å². The third-order valence-electron chi connectivity index (χ3n) is 11.0. The van der Waals surface area contributed by atoms with Gasteiger partial charge in [0.15, 0.2) is 0 Å². The maximum absolute atomic E-state index is 6.26. The predicted octanol–water partition coefficient (Wildman–Crippen LogP) is 14.6. The molecular weight excluding hydrogens is 669 g/mol. The van der Waals surface area contributed by atoms with E-state index in [2.05, 4.69) is 204 Å². The Kier molecular flexibility index (Phi) is 7.17. The summed E-state index contributed by atoms with van der Waals surface area (Å²) in [7, 11) is 0. The molecular formula is C52H34N2O. The molecule has 0 radical (unpaired) electrons. The first-order chi connectivity index (χ1) is 27.3. The van der Waals surface area contributed by atoms with Crippen LogP contribution in [0.4, 0.5) is 17.1 Å². The molecule has 0 spiro atoms. The van der Waals surface area contributed by atoms with Crippen LogP contribution in [0.15, 0.2) is 211 Å². The second-order valence-electron chi connectivity index (χ2n) is 14.1. The molecule has 3 heteroatoms. The van der Waals surface area contributed by atoms with Gasteiger partial charge in [0, 0.05) is 44.2 Å². The lowest BCUT2D eigenvalue weighted by Crippen LogP contribution is -2.12. The summed E-state index contributed by atoms with van der Waals surface area (Å²) in [6.45, 7) is 0. The van der Waals surface area contributed by atoms with E-state index in [0.717, 1.165) is 55.8 Å². The average molecular weight is 703 g/mol. The van der Waals surface area contributed by atoms with Crippen molar-refractivity contribution in [3.05, 3.63) is 206 Å². The molecule has 0 saturated heterocycles. The number of rotatable bonds is 6. The Morgan fingerprint density at radius 1 is 0.364 bits per heavy atom. The van der Waals surface area contributed by atoms with Crippen LogP contribution in [0.25, 0.3) is 82.5 Å². The van der Waals surface area contributed by atoms with E-state index in [1.165, 1.54) is 43.7 Å². The predicted molar refractivity (Wildman–Crippen MR) is 231 cm³/mol.